The average molecular weight is 330 g/mol. The lowest BCUT2D eigenvalue weighted by atomic mass is 10.3. The molecule has 4 nitrogen and oxygen atoms in total. The maximum Gasteiger partial charge on any atom is 0.264 e. The molecule has 5 heteroatoms. The number of nitrogens with zero attached hydrogens (tertiary/aromatic N) is 2. The summed E-state index contributed by atoms with van der Waals surface area (Å²) in [5, 5.41) is 3.80. The van der Waals surface area contributed by atoms with Crippen LogP contribution >= 0.6 is 22.6 Å². The Balaban J connectivity index is 1.96. The molecule has 0 atom stereocenters. The minimum absolute atomic E-state index is 0.313. The number of hydrogen-bond donors (Lipinski definition) is 0. The third-order valence-electron chi connectivity index (χ3n) is 1.98. The highest BCUT2D eigenvalue weighted by atomic mass is 127. The largest absolute Gasteiger partial charge is 0.484 e. The van der Waals surface area contributed by atoms with Crippen LogP contribution in [0.5, 0.6) is 5.75 Å². The van der Waals surface area contributed by atoms with Gasteiger partial charge in [0.05, 0.1) is 0 Å². The second-order valence-electron chi connectivity index (χ2n) is 3.20. The van der Waals surface area contributed by atoms with Crippen LogP contribution in [0.4, 0.5) is 0 Å². The van der Waals surface area contributed by atoms with Crippen LogP contribution in [-0.4, -0.2) is 10.1 Å². The van der Waals surface area contributed by atoms with E-state index in [0.29, 0.717) is 18.3 Å². The van der Waals surface area contributed by atoms with Gasteiger partial charge in [0.1, 0.15) is 5.75 Å². The van der Waals surface area contributed by atoms with Gasteiger partial charge in [-0.15, -0.1) is 0 Å². The molecule has 0 aliphatic rings. The second-order valence-corrected chi connectivity index (χ2v) is 4.45. The Hall–Kier alpha value is -1.11. The lowest BCUT2D eigenvalue weighted by molar-refractivity contribution is 0.242. The van der Waals surface area contributed by atoms with Crippen molar-refractivity contribution in [1.29, 1.82) is 0 Å². The van der Waals surface area contributed by atoms with Crippen LogP contribution < -0.4 is 4.74 Å². The molecule has 0 fully saturated rings. The van der Waals surface area contributed by atoms with E-state index in [4.69, 9.17) is 9.26 Å². The molecular weight excluding hydrogens is 319 g/mol. The van der Waals surface area contributed by atoms with Gasteiger partial charge < -0.3 is 9.26 Å². The molecule has 0 aliphatic carbocycles. The first-order valence-electron chi connectivity index (χ1n) is 4.97. The molecule has 16 heavy (non-hydrogen) atoms. The standard InChI is InChI=1S/C11H11IN2O2/c1-2-10-13-11(16-14-10)7-15-9-5-3-4-8(12)6-9/h3-6H,2,7H2,1H3. The minimum atomic E-state index is 0.313. The molecular formula is C11H11IN2O2. The van der Waals surface area contributed by atoms with Crippen molar-refractivity contribution >= 4 is 22.6 Å². The minimum Gasteiger partial charge on any atom is -0.484 e. The van der Waals surface area contributed by atoms with Crippen LogP contribution in [0.1, 0.15) is 18.6 Å². The normalized spacial score (nSPS) is 10.4. The Labute approximate surface area is 107 Å². The van der Waals surface area contributed by atoms with Gasteiger partial charge in [0.25, 0.3) is 5.89 Å². The molecule has 0 radical (unpaired) electrons. The van der Waals surface area contributed by atoms with E-state index < -0.39 is 0 Å². The number of ether oxygens (including phenoxy) is 1. The van der Waals surface area contributed by atoms with Crippen LogP contribution in [0.3, 0.4) is 0 Å². The molecule has 2 rings (SSSR count). The zero-order valence-corrected chi connectivity index (χ0v) is 11.0. The first-order chi connectivity index (χ1) is 7.78. The number of hydrogen-bond acceptors (Lipinski definition) is 4. The number of rotatable bonds is 4. The lowest BCUT2D eigenvalue weighted by Gasteiger charge is -2.02. The molecule has 0 N–H and O–H groups in total. The zero-order chi connectivity index (χ0) is 11.4. The molecule has 0 saturated heterocycles. The fourth-order valence-corrected chi connectivity index (χ4v) is 1.71. The Kier molecular flexibility index (Phi) is 3.76. The zero-order valence-electron chi connectivity index (χ0n) is 8.81. The van der Waals surface area contributed by atoms with Crippen molar-refractivity contribution in [2.45, 2.75) is 20.0 Å². The molecule has 2 aromatic rings. The molecule has 1 heterocycles. The summed E-state index contributed by atoms with van der Waals surface area (Å²) >= 11 is 2.24. The summed E-state index contributed by atoms with van der Waals surface area (Å²) in [7, 11) is 0. The summed E-state index contributed by atoms with van der Waals surface area (Å²) in [6, 6.07) is 7.81. The summed E-state index contributed by atoms with van der Waals surface area (Å²) in [4.78, 5) is 4.16. The van der Waals surface area contributed by atoms with Crippen molar-refractivity contribution < 1.29 is 9.26 Å². The number of benzene rings is 1. The van der Waals surface area contributed by atoms with E-state index in [-0.39, 0.29) is 0 Å². The fourth-order valence-electron chi connectivity index (χ4n) is 1.19. The highest BCUT2D eigenvalue weighted by Crippen LogP contribution is 2.15. The van der Waals surface area contributed by atoms with Crippen molar-refractivity contribution in [3.63, 3.8) is 0 Å². The van der Waals surface area contributed by atoms with E-state index in [1.165, 1.54) is 0 Å². The molecule has 0 bridgehead atoms. The van der Waals surface area contributed by atoms with E-state index in [1.54, 1.807) is 0 Å². The van der Waals surface area contributed by atoms with Gasteiger partial charge in [0.15, 0.2) is 12.4 Å². The molecule has 0 saturated carbocycles. The van der Waals surface area contributed by atoms with E-state index in [0.717, 1.165) is 15.7 Å². The summed E-state index contributed by atoms with van der Waals surface area (Å²) in [5.74, 6) is 2.03. The SMILES string of the molecule is CCc1noc(COc2cccc(I)c2)n1. The number of halogens is 1. The molecule has 0 amide bonds. The fraction of sp³-hybridized carbons (Fsp3) is 0.273. The Morgan fingerprint density at radius 2 is 2.31 bits per heavy atom. The predicted octanol–water partition coefficient (Wildman–Crippen LogP) is 2.82. The van der Waals surface area contributed by atoms with Crippen molar-refractivity contribution in [3.05, 3.63) is 39.6 Å². The van der Waals surface area contributed by atoms with Crippen LogP contribution in [0, 0.1) is 3.57 Å². The summed E-state index contributed by atoms with van der Waals surface area (Å²) in [6.45, 7) is 2.29. The molecule has 84 valence electrons. The van der Waals surface area contributed by atoms with Gasteiger partial charge >= 0.3 is 0 Å². The Morgan fingerprint density at radius 1 is 1.44 bits per heavy atom. The quantitative estimate of drug-likeness (QED) is 0.809. The van der Waals surface area contributed by atoms with Crippen LogP contribution in [0.25, 0.3) is 0 Å². The number of aromatic nitrogens is 2. The highest BCUT2D eigenvalue weighted by Gasteiger charge is 2.05. The van der Waals surface area contributed by atoms with Gasteiger partial charge in [-0.3, -0.25) is 0 Å². The van der Waals surface area contributed by atoms with E-state index in [9.17, 15) is 0 Å². The smallest absolute Gasteiger partial charge is 0.264 e. The maximum absolute atomic E-state index is 5.53. The summed E-state index contributed by atoms with van der Waals surface area (Å²) in [6.07, 6.45) is 0.771. The number of aryl methyl sites for hydroxylation is 1. The van der Waals surface area contributed by atoms with Gasteiger partial charge in [0, 0.05) is 9.99 Å². The van der Waals surface area contributed by atoms with Crippen LogP contribution in [0.2, 0.25) is 0 Å². The molecule has 0 aliphatic heterocycles. The van der Waals surface area contributed by atoms with Crippen molar-refractivity contribution in [1.82, 2.24) is 10.1 Å². The van der Waals surface area contributed by atoms with Gasteiger partial charge in [-0.2, -0.15) is 4.98 Å². The van der Waals surface area contributed by atoms with Gasteiger partial charge in [-0.1, -0.05) is 18.1 Å². The van der Waals surface area contributed by atoms with Gasteiger partial charge in [-0.05, 0) is 40.8 Å². The van der Waals surface area contributed by atoms with E-state index in [2.05, 4.69) is 32.7 Å². The van der Waals surface area contributed by atoms with Crippen molar-refractivity contribution in [2.24, 2.45) is 0 Å². The third-order valence-corrected chi connectivity index (χ3v) is 2.66. The Bertz CT molecular complexity index is 471. The predicted molar refractivity (Wildman–Crippen MR) is 67.2 cm³/mol. The maximum atomic E-state index is 5.53. The first kappa shape index (κ1) is 11.4. The molecule has 0 unspecified atom stereocenters. The lowest BCUT2D eigenvalue weighted by Crippen LogP contribution is -1.96. The first-order valence-corrected chi connectivity index (χ1v) is 6.05. The Morgan fingerprint density at radius 3 is 3.00 bits per heavy atom. The average Bonchev–Trinajstić information content (AvgIpc) is 2.74. The highest BCUT2D eigenvalue weighted by molar-refractivity contribution is 14.1. The second kappa shape index (κ2) is 5.29. The van der Waals surface area contributed by atoms with E-state index >= 15 is 0 Å². The summed E-state index contributed by atoms with van der Waals surface area (Å²) < 4.78 is 11.7. The topological polar surface area (TPSA) is 48.2 Å². The van der Waals surface area contributed by atoms with Crippen molar-refractivity contribution in [2.75, 3.05) is 0 Å². The molecule has 1 aromatic heterocycles. The monoisotopic (exact) mass is 330 g/mol. The summed E-state index contributed by atoms with van der Waals surface area (Å²) in [5.41, 5.74) is 0. The third kappa shape index (κ3) is 2.94. The van der Waals surface area contributed by atoms with Crippen LogP contribution in [-0.2, 0) is 13.0 Å². The van der Waals surface area contributed by atoms with Gasteiger partial charge in [-0.25, -0.2) is 0 Å². The van der Waals surface area contributed by atoms with Gasteiger partial charge in [0.2, 0.25) is 0 Å². The van der Waals surface area contributed by atoms with Crippen LogP contribution in [0.15, 0.2) is 28.8 Å². The van der Waals surface area contributed by atoms with Crippen molar-refractivity contribution in [3.8, 4) is 5.75 Å². The molecule has 1 aromatic carbocycles. The van der Waals surface area contributed by atoms with E-state index in [1.807, 2.05) is 31.2 Å². The molecule has 0 spiro atoms.